The molecule has 0 amide bonds. The number of nitrogens with two attached hydrogens (primary N) is 1. The van der Waals surface area contributed by atoms with E-state index in [1.54, 1.807) is 4.83 Å². The maximum atomic E-state index is 11.2. The van der Waals surface area contributed by atoms with E-state index in [4.69, 9.17) is 5.84 Å². The minimum atomic E-state index is -3.55. The van der Waals surface area contributed by atoms with Gasteiger partial charge in [0.1, 0.15) is 4.90 Å². The molecule has 68 valence electrons. The summed E-state index contributed by atoms with van der Waals surface area (Å²) in [5.41, 5.74) is 0. The van der Waals surface area contributed by atoms with Gasteiger partial charge in [0.05, 0.1) is 7.57 Å². The van der Waals surface area contributed by atoms with E-state index < -0.39 is 10.0 Å². The molecule has 0 unspecified atom stereocenters. The Morgan fingerprint density at radius 1 is 1.50 bits per heavy atom. The fourth-order valence-corrected chi connectivity index (χ4v) is 5.01. The second-order valence-corrected chi connectivity index (χ2v) is 7.24. The fraction of sp³-hybridized carbons (Fsp3) is 0. The highest BCUT2D eigenvalue weighted by molar-refractivity contribution is 9.12. The predicted octanol–water partition coefficient (Wildman–Crippen LogP) is 1.43. The second kappa shape index (κ2) is 3.72. The molecule has 0 atom stereocenters. The highest BCUT2D eigenvalue weighted by Gasteiger charge is 2.18. The molecule has 0 saturated carbocycles. The molecule has 12 heavy (non-hydrogen) atoms. The summed E-state index contributed by atoms with van der Waals surface area (Å²) in [6.45, 7) is 0. The third-order valence-electron chi connectivity index (χ3n) is 1.07. The summed E-state index contributed by atoms with van der Waals surface area (Å²) >= 11 is 7.54. The van der Waals surface area contributed by atoms with Gasteiger partial charge in [-0.15, -0.1) is 16.2 Å². The molecule has 1 aromatic rings. The zero-order chi connectivity index (χ0) is 9.35. The van der Waals surface area contributed by atoms with Crippen molar-refractivity contribution in [1.29, 1.82) is 0 Å². The molecule has 3 N–H and O–H groups in total. The van der Waals surface area contributed by atoms with E-state index in [2.05, 4.69) is 31.9 Å². The van der Waals surface area contributed by atoms with Crippen molar-refractivity contribution in [1.82, 2.24) is 4.83 Å². The van der Waals surface area contributed by atoms with Gasteiger partial charge in [-0.25, -0.2) is 8.42 Å². The van der Waals surface area contributed by atoms with E-state index in [0.717, 1.165) is 3.79 Å². The maximum Gasteiger partial charge on any atom is 0.255 e. The van der Waals surface area contributed by atoms with Gasteiger partial charge in [-0.3, -0.25) is 5.84 Å². The average molecular weight is 336 g/mol. The van der Waals surface area contributed by atoms with Crippen molar-refractivity contribution in [2.24, 2.45) is 5.84 Å². The lowest BCUT2D eigenvalue weighted by atomic mass is 10.7. The van der Waals surface area contributed by atoms with Crippen LogP contribution < -0.4 is 10.7 Å². The van der Waals surface area contributed by atoms with Crippen LogP contribution in [-0.2, 0) is 10.0 Å². The standard InChI is InChI=1S/C4H4Br2N2O2S2/c5-3-1-2(4(6)11-3)12(9,10)8-7/h1,8H,7H2. The van der Waals surface area contributed by atoms with Crippen LogP contribution in [0, 0.1) is 0 Å². The van der Waals surface area contributed by atoms with Crippen LogP contribution >= 0.6 is 43.2 Å². The zero-order valence-corrected chi connectivity index (χ0v) is 10.3. The Kier molecular flexibility index (Phi) is 3.29. The van der Waals surface area contributed by atoms with E-state index in [-0.39, 0.29) is 4.90 Å². The molecule has 0 aliphatic rings. The largest absolute Gasteiger partial charge is 0.257 e. The van der Waals surface area contributed by atoms with Gasteiger partial charge in [0.25, 0.3) is 10.0 Å². The molecule has 0 radical (unpaired) electrons. The summed E-state index contributed by atoms with van der Waals surface area (Å²) in [5.74, 6) is 4.85. The monoisotopic (exact) mass is 334 g/mol. The van der Waals surface area contributed by atoms with Crippen LogP contribution in [-0.4, -0.2) is 8.42 Å². The predicted molar refractivity (Wildman–Crippen MR) is 54.2 cm³/mol. The molecule has 0 spiro atoms. The van der Waals surface area contributed by atoms with Gasteiger partial charge in [0.15, 0.2) is 0 Å². The number of thiophene rings is 1. The molecule has 4 nitrogen and oxygen atoms in total. The molecular formula is C4H4Br2N2O2S2. The van der Waals surface area contributed by atoms with Crippen LogP contribution in [0.5, 0.6) is 0 Å². The Morgan fingerprint density at radius 2 is 2.08 bits per heavy atom. The summed E-state index contributed by atoms with van der Waals surface area (Å²) in [6.07, 6.45) is 0. The average Bonchev–Trinajstić information content (AvgIpc) is 2.31. The number of rotatable bonds is 2. The first kappa shape index (κ1) is 10.6. The van der Waals surface area contributed by atoms with Gasteiger partial charge in [-0.05, 0) is 37.9 Å². The van der Waals surface area contributed by atoms with Gasteiger partial charge in [0.2, 0.25) is 0 Å². The van der Waals surface area contributed by atoms with Gasteiger partial charge >= 0.3 is 0 Å². The number of sulfonamides is 1. The third kappa shape index (κ3) is 2.06. The van der Waals surface area contributed by atoms with Crippen LogP contribution in [0.15, 0.2) is 18.5 Å². The van der Waals surface area contributed by atoms with Gasteiger partial charge in [0, 0.05) is 0 Å². The van der Waals surface area contributed by atoms with Crippen LogP contribution in [0.1, 0.15) is 0 Å². The summed E-state index contributed by atoms with van der Waals surface area (Å²) in [4.78, 5) is 1.88. The molecule has 1 heterocycles. The molecule has 0 fully saturated rings. The number of hydrogen-bond acceptors (Lipinski definition) is 4. The van der Waals surface area contributed by atoms with E-state index in [9.17, 15) is 8.42 Å². The molecule has 0 saturated heterocycles. The smallest absolute Gasteiger partial charge is 0.255 e. The van der Waals surface area contributed by atoms with Crippen molar-refractivity contribution in [2.75, 3.05) is 0 Å². The van der Waals surface area contributed by atoms with Crippen molar-refractivity contribution >= 4 is 53.2 Å². The van der Waals surface area contributed by atoms with Gasteiger partial charge in [-0.1, -0.05) is 0 Å². The molecule has 1 aromatic heterocycles. The van der Waals surface area contributed by atoms with Crippen LogP contribution in [0.4, 0.5) is 0 Å². The van der Waals surface area contributed by atoms with E-state index in [1.165, 1.54) is 17.4 Å². The highest BCUT2D eigenvalue weighted by Crippen LogP contribution is 2.34. The molecular weight excluding hydrogens is 332 g/mol. The Labute approximate surface area is 90.4 Å². The molecule has 1 rings (SSSR count). The topological polar surface area (TPSA) is 72.2 Å². The lowest BCUT2D eigenvalue weighted by Gasteiger charge is -1.97. The van der Waals surface area contributed by atoms with Crippen molar-refractivity contribution in [3.05, 3.63) is 13.6 Å². The maximum absolute atomic E-state index is 11.2. The number of hydrogen-bond donors (Lipinski definition) is 2. The van der Waals surface area contributed by atoms with E-state index in [1.807, 2.05) is 0 Å². The quantitative estimate of drug-likeness (QED) is 0.634. The number of nitrogens with one attached hydrogen (secondary N) is 1. The number of hydrazine groups is 1. The minimum absolute atomic E-state index is 0.141. The molecule has 0 aliphatic carbocycles. The molecule has 0 bridgehead atoms. The fourth-order valence-electron chi connectivity index (χ4n) is 0.572. The van der Waals surface area contributed by atoms with Crippen molar-refractivity contribution in [3.8, 4) is 0 Å². The summed E-state index contributed by atoms with van der Waals surface area (Å²) in [6, 6.07) is 1.48. The van der Waals surface area contributed by atoms with Crippen LogP contribution in [0.25, 0.3) is 0 Å². The second-order valence-electron chi connectivity index (χ2n) is 1.81. The SMILES string of the molecule is NNS(=O)(=O)c1cc(Br)sc1Br. The van der Waals surface area contributed by atoms with Crippen molar-refractivity contribution < 1.29 is 8.42 Å². The first-order chi connectivity index (χ1) is 5.47. The normalized spacial score (nSPS) is 11.9. The Morgan fingerprint density at radius 3 is 2.42 bits per heavy atom. The Hall–Kier alpha value is 0.530. The lowest BCUT2D eigenvalue weighted by Crippen LogP contribution is -2.30. The lowest BCUT2D eigenvalue weighted by molar-refractivity contribution is 0.584. The Bertz CT molecular complexity index is 386. The third-order valence-corrected chi connectivity index (χ3v) is 5.01. The first-order valence-electron chi connectivity index (χ1n) is 2.64. The van der Waals surface area contributed by atoms with Crippen LogP contribution in [0.3, 0.4) is 0 Å². The van der Waals surface area contributed by atoms with E-state index in [0.29, 0.717) is 3.79 Å². The summed E-state index contributed by atoms with van der Waals surface area (Å²) < 4.78 is 23.6. The number of halogens is 2. The van der Waals surface area contributed by atoms with Crippen molar-refractivity contribution in [3.63, 3.8) is 0 Å². The first-order valence-corrected chi connectivity index (χ1v) is 6.53. The molecule has 0 aromatic carbocycles. The Balaban J connectivity index is 3.29. The van der Waals surface area contributed by atoms with Crippen LogP contribution in [0.2, 0.25) is 0 Å². The molecule has 8 heteroatoms. The molecule has 0 aliphatic heterocycles. The zero-order valence-electron chi connectivity index (χ0n) is 5.54. The summed E-state index contributed by atoms with van der Waals surface area (Å²) in [7, 11) is -3.55. The van der Waals surface area contributed by atoms with Gasteiger partial charge < -0.3 is 0 Å². The van der Waals surface area contributed by atoms with Gasteiger partial charge in [-0.2, -0.15) is 0 Å². The van der Waals surface area contributed by atoms with Crippen molar-refractivity contribution in [2.45, 2.75) is 4.90 Å². The minimum Gasteiger partial charge on any atom is -0.257 e. The highest BCUT2D eigenvalue weighted by atomic mass is 79.9. The summed E-state index contributed by atoms with van der Waals surface area (Å²) in [5, 5.41) is 0. The van der Waals surface area contributed by atoms with E-state index >= 15 is 0 Å².